The molecular weight excluding hydrogens is 404 g/mol. The number of nitrogens with one attached hydrogen (secondary N) is 1. The van der Waals surface area contributed by atoms with Crippen molar-refractivity contribution in [2.24, 2.45) is 0 Å². The first kappa shape index (κ1) is 20.8. The zero-order valence-electron chi connectivity index (χ0n) is 16.2. The van der Waals surface area contributed by atoms with Crippen molar-refractivity contribution >= 4 is 35.0 Å². The van der Waals surface area contributed by atoms with Crippen LogP contribution in [0.4, 0.5) is 11.4 Å². The van der Waals surface area contributed by atoms with E-state index in [2.05, 4.69) is 5.32 Å². The molecule has 8 heteroatoms. The molecule has 0 saturated carbocycles. The van der Waals surface area contributed by atoms with Crippen molar-refractivity contribution in [3.8, 4) is 11.8 Å². The molecule has 0 spiro atoms. The van der Waals surface area contributed by atoms with E-state index in [1.54, 1.807) is 36.4 Å². The summed E-state index contributed by atoms with van der Waals surface area (Å²) in [4.78, 5) is 23.2. The minimum absolute atomic E-state index is 0.0195. The summed E-state index contributed by atoms with van der Waals surface area (Å²) in [6, 6.07) is 16.7. The second kappa shape index (κ2) is 8.64. The second-order valence-electron chi connectivity index (χ2n) is 6.54. The molecule has 0 aliphatic rings. The third-order valence-electron chi connectivity index (χ3n) is 4.56. The summed E-state index contributed by atoms with van der Waals surface area (Å²) < 4.78 is 1.83. The lowest BCUT2D eigenvalue weighted by molar-refractivity contribution is -0.384. The fourth-order valence-corrected chi connectivity index (χ4v) is 3.32. The molecule has 1 heterocycles. The number of nitro benzene ring substituents is 1. The first-order valence-electron chi connectivity index (χ1n) is 8.93. The molecular formula is C22H17ClN4O3. The molecule has 0 saturated heterocycles. The smallest absolute Gasteiger partial charge is 0.271 e. The Balaban J connectivity index is 1.97. The lowest BCUT2D eigenvalue weighted by atomic mass is 10.1. The highest BCUT2D eigenvalue weighted by Crippen LogP contribution is 2.26. The number of amides is 1. The fraction of sp³-hybridized carbons (Fsp3) is 0.0909. The Hall–Kier alpha value is -3.89. The third kappa shape index (κ3) is 4.24. The summed E-state index contributed by atoms with van der Waals surface area (Å²) in [5, 5.41) is 23.6. The number of carbonyl (C=O) groups excluding carboxylic acids is 1. The molecule has 0 aliphatic carbocycles. The van der Waals surface area contributed by atoms with Crippen LogP contribution in [-0.4, -0.2) is 15.4 Å². The number of halogens is 1. The van der Waals surface area contributed by atoms with Crippen molar-refractivity contribution in [3.63, 3.8) is 0 Å². The Morgan fingerprint density at radius 2 is 1.93 bits per heavy atom. The normalized spacial score (nSPS) is 11.1. The number of nitriles is 1. The van der Waals surface area contributed by atoms with Crippen LogP contribution in [0.25, 0.3) is 11.8 Å². The van der Waals surface area contributed by atoms with Crippen molar-refractivity contribution < 1.29 is 9.72 Å². The van der Waals surface area contributed by atoms with Gasteiger partial charge in [-0.1, -0.05) is 29.8 Å². The maximum Gasteiger partial charge on any atom is 0.271 e. The van der Waals surface area contributed by atoms with Gasteiger partial charge in [0.25, 0.3) is 11.6 Å². The minimum Gasteiger partial charge on any atom is -0.320 e. The number of anilines is 1. The molecule has 3 rings (SSSR count). The summed E-state index contributed by atoms with van der Waals surface area (Å²) in [7, 11) is 0. The number of non-ortho nitro benzene ring substituents is 1. The Kier molecular flexibility index (Phi) is 6.00. The van der Waals surface area contributed by atoms with Crippen LogP contribution in [-0.2, 0) is 4.79 Å². The maximum atomic E-state index is 12.6. The van der Waals surface area contributed by atoms with Gasteiger partial charge in [0.05, 0.1) is 21.3 Å². The van der Waals surface area contributed by atoms with Gasteiger partial charge in [-0.2, -0.15) is 5.26 Å². The van der Waals surface area contributed by atoms with Gasteiger partial charge in [0, 0.05) is 23.5 Å². The maximum absolute atomic E-state index is 12.6. The van der Waals surface area contributed by atoms with Crippen LogP contribution >= 0.6 is 11.6 Å². The highest BCUT2D eigenvalue weighted by Gasteiger charge is 2.16. The van der Waals surface area contributed by atoms with Gasteiger partial charge in [0.15, 0.2) is 0 Å². The Morgan fingerprint density at radius 3 is 2.60 bits per heavy atom. The van der Waals surface area contributed by atoms with E-state index < -0.39 is 10.8 Å². The van der Waals surface area contributed by atoms with Crippen LogP contribution in [0, 0.1) is 35.3 Å². The van der Waals surface area contributed by atoms with E-state index in [0.717, 1.165) is 11.4 Å². The molecule has 1 N–H and O–H groups in total. The number of nitrogens with zero attached hydrogens (tertiary/aromatic N) is 3. The highest BCUT2D eigenvalue weighted by molar-refractivity contribution is 6.34. The molecule has 1 aromatic heterocycles. The molecule has 3 aromatic rings. The number of aromatic nitrogens is 1. The van der Waals surface area contributed by atoms with Crippen LogP contribution in [0.15, 0.2) is 60.2 Å². The molecule has 0 unspecified atom stereocenters. The fourth-order valence-electron chi connectivity index (χ4n) is 3.13. The van der Waals surface area contributed by atoms with E-state index in [1.807, 2.05) is 30.6 Å². The Labute approximate surface area is 178 Å². The molecule has 1 amide bonds. The molecule has 7 nitrogen and oxygen atoms in total. The number of hydrogen-bond acceptors (Lipinski definition) is 4. The number of carbonyl (C=O) groups is 1. The number of rotatable bonds is 5. The number of benzene rings is 2. The highest BCUT2D eigenvalue weighted by atomic mass is 35.5. The van der Waals surface area contributed by atoms with Crippen molar-refractivity contribution in [3.05, 3.63) is 92.3 Å². The predicted octanol–water partition coefficient (Wildman–Crippen LogP) is 5.20. The zero-order chi connectivity index (χ0) is 21.8. The van der Waals surface area contributed by atoms with Crippen molar-refractivity contribution in [2.45, 2.75) is 13.8 Å². The predicted molar refractivity (Wildman–Crippen MR) is 116 cm³/mol. The quantitative estimate of drug-likeness (QED) is 0.265. The molecule has 0 radical (unpaired) electrons. The first-order chi connectivity index (χ1) is 14.3. The lowest BCUT2D eigenvalue weighted by Gasteiger charge is -2.09. The molecule has 0 atom stereocenters. The molecule has 30 heavy (non-hydrogen) atoms. The summed E-state index contributed by atoms with van der Waals surface area (Å²) in [5.74, 6) is -0.578. The van der Waals surface area contributed by atoms with E-state index in [0.29, 0.717) is 22.0 Å². The van der Waals surface area contributed by atoms with Gasteiger partial charge in [-0.25, -0.2) is 0 Å². The van der Waals surface area contributed by atoms with Gasteiger partial charge in [0.2, 0.25) is 0 Å². The number of hydrogen-bond donors (Lipinski definition) is 1. The van der Waals surface area contributed by atoms with Gasteiger partial charge < -0.3 is 9.88 Å². The van der Waals surface area contributed by atoms with Gasteiger partial charge in [-0.05, 0) is 49.8 Å². The Morgan fingerprint density at radius 1 is 1.20 bits per heavy atom. The van der Waals surface area contributed by atoms with Crippen molar-refractivity contribution in [1.82, 2.24) is 4.57 Å². The van der Waals surface area contributed by atoms with Gasteiger partial charge in [0.1, 0.15) is 11.6 Å². The van der Waals surface area contributed by atoms with E-state index in [-0.39, 0.29) is 11.3 Å². The topological polar surface area (TPSA) is 101 Å². The van der Waals surface area contributed by atoms with Crippen LogP contribution in [0.3, 0.4) is 0 Å². The lowest BCUT2D eigenvalue weighted by Crippen LogP contribution is -2.13. The molecule has 150 valence electrons. The standard InChI is InChI=1S/C22H17ClN4O3/c1-14-10-16(15(2)26(14)18-6-5-7-19(12-18)27(29)30)11-17(13-24)22(28)25-21-9-4-3-8-20(21)23/h3-12H,1-2H3,(H,25,28)/b17-11+. The van der Waals surface area contributed by atoms with Crippen LogP contribution in [0.1, 0.15) is 17.0 Å². The van der Waals surface area contributed by atoms with Crippen LogP contribution in [0.5, 0.6) is 0 Å². The van der Waals surface area contributed by atoms with Crippen LogP contribution in [0.2, 0.25) is 5.02 Å². The molecule has 0 bridgehead atoms. The van der Waals surface area contributed by atoms with E-state index in [9.17, 15) is 20.2 Å². The van der Waals surface area contributed by atoms with Crippen LogP contribution < -0.4 is 5.32 Å². The Bertz CT molecular complexity index is 1220. The molecule has 0 fully saturated rings. The molecule has 2 aromatic carbocycles. The van der Waals surface area contributed by atoms with Gasteiger partial charge >= 0.3 is 0 Å². The number of aryl methyl sites for hydroxylation is 1. The van der Waals surface area contributed by atoms with Gasteiger partial charge in [-0.3, -0.25) is 14.9 Å². The monoisotopic (exact) mass is 420 g/mol. The number of para-hydroxylation sites is 1. The third-order valence-corrected chi connectivity index (χ3v) is 4.89. The van der Waals surface area contributed by atoms with E-state index >= 15 is 0 Å². The minimum atomic E-state index is -0.578. The summed E-state index contributed by atoms with van der Waals surface area (Å²) in [6.07, 6.45) is 1.49. The zero-order valence-corrected chi connectivity index (χ0v) is 17.0. The van der Waals surface area contributed by atoms with Crippen molar-refractivity contribution in [1.29, 1.82) is 5.26 Å². The van der Waals surface area contributed by atoms with E-state index in [1.165, 1.54) is 18.2 Å². The summed E-state index contributed by atoms with van der Waals surface area (Å²) in [5.41, 5.74) is 3.13. The van der Waals surface area contributed by atoms with E-state index in [4.69, 9.17) is 11.6 Å². The molecule has 0 aliphatic heterocycles. The number of nitro groups is 1. The largest absolute Gasteiger partial charge is 0.320 e. The SMILES string of the molecule is Cc1cc(/C=C(\C#N)C(=O)Nc2ccccc2Cl)c(C)n1-c1cccc([N+](=O)[O-])c1. The average Bonchev–Trinajstić information content (AvgIpc) is 3.00. The summed E-state index contributed by atoms with van der Waals surface area (Å²) >= 11 is 6.06. The van der Waals surface area contributed by atoms with Crippen molar-refractivity contribution in [2.75, 3.05) is 5.32 Å². The summed E-state index contributed by atoms with van der Waals surface area (Å²) in [6.45, 7) is 3.66. The average molecular weight is 421 g/mol. The second-order valence-corrected chi connectivity index (χ2v) is 6.95. The van der Waals surface area contributed by atoms with Gasteiger partial charge in [-0.15, -0.1) is 0 Å². The first-order valence-corrected chi connectivity index (χ1v) is 9.31.